The van der Waals surface area contributed by atoms with E-state index in [9.17, 15) is 9.59 Å². The number of esters is 2. The van der Waals surface area contributed by atoms with Crippen LogP contribution in [0.5, 0.6) is 0 Å². The van der Waals surface area contributed by atoms with Crippen LogP contribution >= 0.6 is 0 Å². The molecule has 0 saturated heterocycles. The lowest BCUT2D eigenvalue weighted by atomic mass is 10.1. The minimum Gasteiger partial charge on any atom is -0.466 e. The van der Waals surface area contributed by atoms with Crippen LogP contribution in [0.4, 0.5) is 5.69 Å². The Morgan fingerprint density at radius 3 is 2.48 bits per heavy atom. The molecule has 1 N–H and O–H groups in total. The van der Waals surface area contributed by atoms with Gasteiger partial charge in [0.05, 0.1) is 20.3 Å². The first-order valence-corrected chi connectivity index (χ1v) is 8.66. The molecule has 3 rings (SSSR count). The van der Waals surface area contributed by atoms with E-state index in [0.29, 0.717) is 23.0 Å². The van der Waals surface area contributed by atoms with Gasteiger partial charge in [-0.3, -0.25) is 0 Å². The van der Waals surface area contributed by atoms with E-state index in [2.05, 4.69) is 24.9 Å². The van der Waals surface area contributed by atoms with Crippen molar-refractivity contribution in [2.24, 2.45) is 0 Å². The predicted molar refractivity (Wildman–Crippen MR) is 106 cm³/mol. The molecule has 3 aromatic rings. The van der Waals surface area contributed by atoms with E-state index in [1.807, 2.05) is 31.2 Å². The molecule has 0 amide bonds. The maximum absolute atomic E-state index is 11.9. The minimum absolute atomic E-state index is 0.0672. The quantitative estimate of drug-likeness (QED) is 0.502. The lowest BCUT2D eigenvalue weighted by molar-refractivity contribution is -0.138. The highest BCUT2D eigenvalue weighted by atomic mass is 16.5. The van der Waals surface area contributed by atoms with E-state index in [4.69, 9.17) is 4.52 Å². The number of hydrogen-bond donors (Lipinski definition) is 1. The first-order valence-electron chi connectivity index (χ1n) is 8.66. The van der Waals surface area contributed by atoms with Crippen molar-refractivity contribution in [2.75, 3.05) is 19.5 Å². The van der Waals surface area contributed by atoms with Crippen molar-refractivity contribution >= 4 is 17.6 Å². The summed E-state index contributed by atoms with van der Waals surface area (Å²) in [7, 11) is 2.44. The highest BCUT2D eigenvalue weighted by molar-refractivity contribution is 5.98. The lowest BCUT2D eigenvalue weighted by Crippen LogP contribution is -2.15. The molecule has 1 aromatic heterocycles. The number of carbonyl (C=O) groups is 2. The van der Waals surface area contributed by atoms with Crippen molar-refractivity contribution < 1.29 is 23.6 Å². The van der Waals surface area contributed by atoms with Crippen LogP contribution in [0.3, 0.4) is 0 Å². The van der Waals surface area contributed by atoms with Crippen molar-refractivity contribution in [1.82, 2.24) is 10.1 Å². The number of anilines is 1. The van der Waals surface area contributed by atoms with Gasteiger partial charge >= 0.3 is 11.9 Å². The highest BCUT2D eigenvalue weighted by Crippen LogP contribution is 2.25. The number of carbonyl (C=O) groups excluding carboxylic acids is 2. The normalized spacial score (nSPS) is 11.1. The van der Waals surface area contributed by atoms with Crippen molar-refractivity contribution in [1.29, 1.82) is 0 Å². The maximum atomic E-state index is 11.9. The molecule has 2 aromatic carbocycles. The molecule has 0 saturated carbocycles. The largest absolute Gasteiger partial charge is 0.466 e. The Morgan fingerprint density at radius 2 is 1.79 bits per heavy atom. The molecule has 0 bridgehead atoms. The molecule has 0 fully saturated rings. The van der Waals surface area contributed by atoms with Crippen LogP contribution < -0.4 is 5.32 Å². The molecule has 0 unspecified atom stereocenters. The molecule has 8 heteroatoms. The van der Waals surface area contributed by atoms with Gasteiger partial charge in [-0.2, -0.15) is 4.98 Å². The van der Waals surface area contributed by atoms with Gasteiger partial charge in [-0.05, 0) is 25.1 Å². The summed E-state index contributed by atoms with van der Waals surface area (Å²) in [4.78, 5) is 27.8. The van der Waals surface area contributed by atoms with Crippen LogP contribution in [0.25, 0.3) is 22.8 Å². The van der Waals surface area contributed by atoms with Crippen LogP contribution in [-0.2, 0) is 19.1 Å². The fourth-order valence-electron chi connectivity index (χ4n) is 2.48. The van der Waals surface area contributed by atoms with Crippen LogP contribution in [0.2, 0.25) is 0 Å². The molecule has 0 aliphatic rings. The molecule has 0 aliphatic carbocycles. The summed E-state index contributed by atoms with van der Waals surface area (Å²) in [6, 6.07) is 14.7. The minimum atomic E-state index is -0.708. The molecule has 148 valence electrons. The summed E-state index contributed by atoms with van der Waals surface area (Å²) in [5.41, 5.74) is 3.08. The average Bonchev–Trinajstić information content (AvgIpc) is 3.23. The molecule has 29 heavy (non-hydrogen) atoms. The first kappa shape index (κ1) is 19.8. The van der Waals surface area contributed by atoms with Crippen molar-refractivity contribution in [3.8, 4) is 22.8 Å². The Morgan fingerprint density at radius 1 is 1.03 bits per heavy atom. The number of nitrogens with one attached hydrogen (secondary N) is 1. The maximum Gasteiger partial charge on any atom is 0.354 e. The number of ether oxygens (including phenoxy) is 2. The van der Waals surface area contributed by atoms with Gasteiger partial charge in [0, 0.05) is 16.8 Å². The van der Waals surface area contributed by atoms with Crippen molar-refractivity contribution in [2.45, 2.75) is 6.92 Å². The monoisotopic (exact) mass is 393 g/mol. The zero-order valence-electron chi connectivity index (χ0n) is 16.1. The predicted octanol–water partition coefficient (Wildman–Crippen LogP) is 3.35. The third-order valence-electron chi connectivity index (χ3n) is 3.99. The smallest absolute Gasteiger partial charge is 0.354 e. The number of aryl methyl sites for hydroxylation is 1. The molecule has 1 heterocycles. The molecular formula is C21H19N3O5. The van der Waals surface area contributed by atoms with Gasteiger partial charge in [0.25, 0.3) is 5.89 Å². The molecular weight excluding hydrogens is 374 g/mol. The summed E-state index contributed by atoms with van der Waals surface area (Å²) in [6.07, 6.45) is 1.01. The van der Waals surface area contributed by atoms with Gasteiger partial charge in [0.1, 0.15) is 5.70 Å². The number of aromatic nitrogens is 2. The van der Waals surface area contributed by atoms with E-state index >= 15 is 0 Å². The topological polar surface area (TPSA) is 104 Å². The SMILES string of the molecule is COC(=O)/C=C(/Nc1cccc(-c2nc(-c3ccc(C)cc3)no2)c1)C(=O)OC. The molecule has 0 atom stereocenters. The second-order valence-electron chi connectivity index (χ2n) is 6.07. The molecule has 0 aliphatic heterocycles. The first-order chi connectivity index (χ1) is 14.0. The zero-order valence-corrected chi connectivity index (χ0v) is 16.1. The number of benzene rings is 2. The summed E-state index contributed by atoms with van der Waals surface area (Å²) >= 11 is 0. The number of hydrogen-bond acceptors (Lipinski definition) is 8. The second kappa shape index (κ2) is 8.83. The van der Waals surface area contributed by atoms with Gasteiger partial charge in [-0.1, -0.05) is 41.1 Å². The fraction of sp³-hybridized carbons (Fsp3) is 0.143. The Balaban J connectivity index is 1.86. The van der Waals surface area contributed by atoms with Crippen molar-refractivity contribution in [3.05, 3.63) is 65.9 Å². The van der Waals surface area contributed by atoms with Gasteiger partial charge in [0.15, 0.2) is 0 Å². The number of rotatable bonds is 6. The fourth-order valence-corrected chi connectivity index (χ4v) is 2.48. The van der Waals surface area contributed by atoms with Crippen LogP contribution in [0.1, 0.15) is 5.56 Å². The highest BCUT2D eigenvalue weighted by Gasteiger charge is 2.15. The molecule has 8 nitrogen and oxygen atoms in total. The summed E-state index contributed by atoms with van der Waals surface area (Å²) in [5, 5.41) is 6.87. The second-order valence-corrected chi connectivity index (χ2v) is 6.07. The van der Waals surface area contributed by atoms with E-state index in [-0.39, 0.29) is 5.70 Å². The van der Waals surface area contributed by atoms with Gasteiger partial charge in [-0.25, -0.2) is 9.59 Å². The van der Waals surface area contributed by atoms with E-state index in [1.165, 1.54) is 14.2 Å². The summed E-state index contributed by atoms with van der Waals surface area (Å²) in [5.74, 6) is -0.603. The van der Waals surface area contributed by atoms with Crippen LogP contribution in [-0.4, -0.2) is 36.3 Å². The Labute approximate surface area is 167 Å². The van der Waals surface area contributed by atoms with Gasteiger partial charge < -0.3 is 19.3 Å². The standard InChI is InChI=1S/C21H19N3O5/c1-13-7-9-14(10-8-13)19-23-20(29-24-19)15-5-4-6-16(11-15)22-17(21(26)28-3)12-18(25)27-2/h4-12,22H,1-3H3/b17-12+. The summed E-state index contributed by atoms with van der Waals surface area (Å²) < 4.78 is 14.6. The molecule has 0 radical (unpaired) electrons. The average molecular weight is 393 g/mol. The summed E-state index contributed by atoms with van der Waals surface area (Å²) in [6.45, 7) is 2.00. The van der Waals surface area contributed by atoms with E-state index < -0.39 is 11.9 Å². The Bertz CT molecular complexity index is 1050. The van der Waals surface area contributed by atoms with E-state index in [0.717, 1.165) is 17.2 Å². The van der Waals surface area contributed by atoms with Gasteiger partial charge in [0.2, 0.25) is 5.82 Å². The third kappa shape index (κ3) is 4.86. The Kier molecular flexibility index (Phi) is 6.03. The third-order valence-corrected chi connectivity index (χ3v) is 3.99. The van der Waals surface area contributed by atoms with Crippen molar-refractivity contribution in [3.63, 3.8) is 0 Å². The number of methoxy groups -OCH3 is 2. The van der Waals surface area contributed by atoms with E-state index in [1.54, 1.807) is 24.3 Å². The van der Waals surface area contributed by atoms with Crippen LogP contribution in [0.15, 0.2) is 64.8 Å². The van der Waals surface area contributed by atoms with Crippen LogP contribution in [0, 0.1) is 6.92 Å². The lowest BCUT2D eigenvalue weighted by Gasteiger charge is -2.09. The zero-order chi connectivity index (χ0) is 20.8. The Hall–Kier alpha value is -3.94. The molecule has 0 spiro atoms. The van der Waals surface area contributed by atoms with Gasteiger partial charge in [-0.15, -0.1) is 0 Å². The number of nitrogens with zero attached hydrogens (tertiary/aromatic N) is 2.